The fourth-order valence-corrected chi connectivity index (χ4v) is 3.38. The molecule has 0 aromatic heterocycles. The van der Waals surface area contributed by atoms with Gasteiger partial charge in [-0.1, -0.05) is 31.2 Å². The number of rotatable bonds is 6. The summed E-state index contributed by atoms with van der Waals surface area (Å²) in [5.74, 6) is 0.621. The molecular formula is C17H28N2O. The molecule has 0 saturated heterocycles. The minimum Gasteiger partial charge on any atom is -0.380 e. The zero-order chi connectivity index (χ0) is 14.5. The Bertz CT molecular complexity index is 421. The van der Waals surface area contributed by atoms with E-state index in [1.54, 1.807) is 0 Å². The molecule has 1 aliphatic rings. The van der Waals surface area contributed by atoms with Gasteiger partial charge in [-0.25, -0.2) is 0 Å². The van der Waals surface area contributed by atoms with Gasteiger partial charge >= 0.3 is 0 Å². The Labute approximate surface area is 123 Å². The fraction of sp³-hybridized carbons (Fsp3) is 0.647. The van der Waals surface area contributed by atoms with E-state index in [4.69, 9.17) is 4.74 Å². The van der Waals surface area contributed by atoms with Crippen LogP contribution in [0, 0.1) is 0 Å². The van der Waals surface area contributed by atoms with Crippen molar-refractivity contribution in [2.45, 2.75) is 38.3 Å². The molecule has 1 N–H and O–H groups in total. The summed E-state index contributed by atoms with van der Waals surface area (Å²) in [6.45, 7) is 7.00. The van der Waals surface area contributed by atoms with Crippen LogP contribution in [0.3, 0.4) is 0 Å². The van der Waals surface area contributed by atoms with Gasteiger partial charge in [0, 0.05) is 25.2 Å². The molecule has 1 aromatic rings. The van der Waals surface area contributed by atoms with Crippen molar-refractivity contribution in [1.29, 1.82) is 0 Å². The lowest BCUT2D eigenvalue weighted by Gasteiger charge is -2.41. The molecule has 2 rings (SSSR count). The van der Waals surface area contributed by atoms with E-state index in [9.17, 15) is 0 Å². The highest BCUT2D eigenvalue weighted by Gasteiger charge is 2.34. The maximum Gasteiger partial charge on any atom is 0.0593 e. The van der Waals surface area contributed by atoms with Gasteiger partial charge in [0.15, 0.2) is 0 Å². The first-order valence-electron chi connectivity index (χ1n) is 7.73. The van der Waals surface area contributed by atoms with Crippen LogP contribution in [0.2, 0.25) is 0 Å². The molecular weight excluding hydrogens is 248 g/mol. The minimum absolute atomic E-state index is 0.411. The maximum atomic E-state index is 5.50. The molecule has 112 valence electrons. The molecule has 0 amide bonds. The van der Waals surface area contributed by atoms with E-state index in [1.165, 1.54) is 17.5 Å². The third-order valence-electron chi connectivity index (χ3n) is 4.51. The Balaban J connectivity index is 2.14. The first-order chi connectivity index (χ1) is 9.69. The van der Waals surface area contributed by atoms with Gasteiger partial charge < -0.3 is 10.1 Å². The van der Waals surface area contributed by atoms with Crippen LogP contribution in [-0.2, 0) is 4.74 Å². The van der Waals surface area contributed by atoms with Crippen LogP contribution in [-0.4, -0.2) is 44.8 Å². The average Bonchev–Trinajstić information content (AvgIpc) is 2.47. The maximum absolute atomic E-state index is 5.50. The number of ether oxygens (including phenoxy) is 1. The third-order valence-corrected chi connectivity index (χ3v) is 4.51. The van der Waals surface area contributed by atoms with Gasteiger partial charge in [-0.2, -0.15) is 0 Å². The van der Waals surface area contributed by atoms with Gasteiger partial charge in [-0.15, -0.1) is 0 Å². The van der Waals surface area contributed by atoms with E-state index in [2.05, 4.69) is 62.4 Å². The smallest absolute Gasteiger partial charge is 0.0593 e. The number of hydrogen-bond donors (Lipinski definition) is 1. The van der Waals surface area contributed by atoms with E-state index in [-0.39, 0.29) is 0 Å². The predicted molar refractivity (Wildman–Crippen MR) is 84.2 cm³/mol. The Kier molecular flexibility index (Phi) is 5.58. The highest BCUT2D eigenvalue weighted by atomic mass is 16.5. The van der Waals surface area contributed by atoms with Crippen molar-refractivity contribution in [3.05, 3.63) is 35.4 Å². The molecule has 0 spiro atoms. The van der Waals surface area contributed by atoms with Gasteiger partial charge in [0.1, 0.15) is 0 Å². The molecule has 0 heterocycles. The number of benzene rings is 1. The highest BCUT2D eigenvalue weighted by molar-refractivity contribution is 5.36. The molecule has 0 fully saturated rings. The lowest BCUT2D eigenvalue weighted by Crippen LogP contribution is -2.46. The number of nitrogens with one attached hydrogen (secondary N) is 1. The quantitative estimate of drug-likeness (QED) is 0.809. The van der Waals surface area contributed by atoms with Crippen LogP contribution in [0.4, 0.5) is 0 Å². The predicted octanol–water partition coefficient (Wildman–Crippen LogP) is 2.79. The number of fused-ring (bicyclic) bond motifs is 1. The van der Waals surface area contributed by atoms with Gasteiger partial charge in [0.2, 0.25) is 0 Å². The standard InChI is InChI=1S/C17H28N2O/c1-5-20-11-10-19(4)16-12-13(2)14-8-6-7-9-15(14)17(16)18-3/h6-9,13,16-18H,5,10-12H2,1-4H3. The van der Waals surface area contributed by atoms with Gasteiger partial charge in [-0.3, -0.25) is 4.90 Å². The largest absolute Gasteiger partial charge is 0.380 e. The second-order valence-electron chi connectivity index (χ2n) is 5.78. The monoisotopic (exact) mass is 276 g/mol. The summed E-state index contributed by atoms with van der Waals surface area (Å²) in [6.07, 6.45) is 1.20. The summed E-state index contributed by atoms with van der Waals surface area (Å²) in [7, 11) is 4.29. The van der Waals surface area contributed by atoms with Crippen LogP contribution in [0.1, 0.15) is 43.4 Å². The van der Waals surface area contributed by atoms with Crippen molar-refractivity contribution in [1.82, 2.24) is 10.2 Å². The SMILES string of the molecule is CCOCCN(C)C1CC(C)c2ccccc2C1NC. The molecule has 0 radical (unpaired) electrons. The second kappa shape index (κ2) is 7.21. The topological polar surface area (TPSA) is 24.5 Å². The summed E-state index contributed by atoms with van der Waals surface area (Å²) >= 11 is 0. The second-order valence-corrected chi connectivity index (χ2v) is 5.78. The highest BCUT2D eigenvalue weighted by Crippen LogP contribution is 2.38. The number of nitrogens with zero attached hydrogens (tertiary/aromatic N) is 1. The Morgan fingerprint density at radius 3 is 2.65 bits per heavy atom. The van der Waals surface area contributed by atoms with Gasteiger partial charge in [0.05, 0.1) is 6.61 Å². The van der Waals surface area contributed by atoms with E-state index in [1.807, 2.05) is 0 Å². The molecule has 20 heavy (non-hydrogen) atoms. The van der Waals surface area contributed by atoms with Gasteiger partial charge in [0.25, 0.3) is 0 Å². The fourth-order valence-electron chi connectivity index (χ4n) is 3.38. The number of hydrogen-bond acceptors (Lipinski definition) is 3. The van der Waals surface area contributed by atoms with Crippen LogP contribution in [0.15, 0.2) is 24.3 Å². The van der Waals surface area contributed by atoms with E-state index in [0.29, 0.717) is 18.0 Å². The van der Waals surface area contributed by atoms with Crippen LogP contribution in [0.5, 0.6) is 0 Å². The molecule has 3 heteroatoms. The van der Waals surface area contributed by atoms with Crippen molar-refractivity contribution in [3.8, 4) is 0 Å². The molecule has 3 atom stereocenters. The Morgan fingerprint density at radius 2 is 2.00 bits per heavy atom. The lowest BCUT2D eigenvalue weighted by molar-refractivity contribution is 0.0903. The third kappa shape index (κ3) is 3.22. The molecule has 1 aliphatic carbocycles. The summed E-state index contributed by atoms with van der Waals surface area (Å²) in [5.41, 5.74) is 2.96. The van der Waals surface area contributed by atoms with Crippen molar-refractivity contribution >= 4 is 0 Å². The van der Waals surface area contributed by atoms with Crippen LogP contribution >= 0.6 is 0 Å². The first-order valence-corrected chi connectivity index (χ1v) is 7.73. The van der Waals surface area contributed by atoms with Crippen molar-refractivity contribution in [3.63, 3.8) is 0 Å². The molecule has 0 aliphatic heterocycles. The zero-order valence-corrected chi connectivity index (χ0v) is 13.2. The molecule has 3 unspecified atom stereocenters. The normalized spacial score (nSPS) is 25.8. The Morgan fingerprint density at radius 1 is 1.30 bits per heavy atom. The van der Waals surface area contributed by atoms with Crippen LogP contribution < -0.4 is 5.32 Å². The minimum atomic E-state index is 0.411. The van der Waals surface area contributed by atoms with E-state index < -0.39 is 0 Å². The molecule has 0 saturated carbocycles. The van der Waals surface area contributed by atoms with E-state index in [0.717, 1.165) is 19.8 Å². The van der Waals surface area contributed by atoms with Crippen molar-refractivity contribution < 1.29 is 4.74 Å². The molecule has 3 nitrogen and oxygen atoms in total. The lowest BCUT2D eigenvalue weighted by atomic mass is 9.77. The van der Waals surface area contributed by atoms with Crippen molar-refractivity contribution in [2.24, 2.45) is 0 Å². The summed E-state index contributed by atoms with van der Waals surface area (Å²) < 4.78 is 5.50. The van der Waals surface area contributed by atoms with E-state index >= 15 is 0 Å². The molecule has 1 aromatic carbocycles. The summed E-state index contributed by atoms with van der Waals surface area (Å²) in [5, 5.41) is 3.52. The first kappa shape index (κ1) is 15.5. The van der Waals surface area contributed by atoms with Gasteiger partial charge in [-0.05, 0) is 44.5 Å². The zero-order valence-electron chi connectivity index (χ0n) is 13.2. The van der Waals surface area contributed by atoms with Crippen molar-refractivity contribution in [2.75, 3.05) is 33.9 Å². The summed E-state index contributed by atoms with van der Waals surface area (Å²) in [6, 6.07) is 9.80. The number of likely N-dealkylation sites (N-methyl/N-ethyl adjacent to an activating group) is 2. The Hall–Kier alpha value is -0.900. The average molecular weight is 276 g/mol. The molecule has 0 bridgehead atoms. The summed E-state index contributed by atoms with van der Waals surface area (Å²) in [4.78, 5) is 2.45. The van der Waals surface area contributed by atoms with Crippen LogP contribution in [0.25, 0.3) is 0 Å².